The number of carbonyl (C=O) groups excluding carboxylic acids is 2. The molecule has 2 amide bonds. The molecule has 0 saturated heterocycles. The molecule has 1 N–H and O–H groups in total. The lowest BCUT2D eigenvalue weighted by molar-refractivity contribution is -0.143. The largest absolute Gasteiger partial charge is 0.483 e. The Morgan fingerprint density at radius 1 is 1.00 bits per heavy atom. The average molecular weight is 467 g/mol. The average Bonchev–Trinajstić information content (AvgIpc) is 2.77. The number of amides is 2. The molecule has 0 fully saturated rings. The molecule has 33 heavy (non-hydrogen) atoms. The quantitative estimate of drug-likeness (QED) is 0.470. The zero-order chi connectivity index (χ0) is 24.0. The van der Waals surface area contributed by atoms with E-state index in [0.717, 1.165) is 16.3 Å². The molecule has 0 bridgehead atoms. The summed E-state index contributed by atoms with van der Waals surface area (Å²) in [5.74, 6) is 0.200. The number of fused-ring (bicyclic) bond motifs is 1. The third kappa shape index (κ3) is 6.72. The van der Waals surface area contributed by atoms with Gasteiger partial charge >= 0.3 is 0 Å². The fourth-order valence-corrected chi connectivity index (χ4v) is 3.83. The Hall–Kier alpha value is -3.05. The van der Waals surface area contributed by atoms with Gasteiger partial charge in [0.05, 0.1) is 0 Å². The van der Waals surface area contributed by atoms with Crippen molar-refractivity contribution in [3.05, 3.63) is 77.3 Å². The summed E-state index contributed by atoms with van der Waals surface area (Å²) in [6.45, 7) is 7.79. The van der Waals surface area contributed by atoms with Crippen LogP contribution >= 0.6 is 11.6 Å². The summed E-state index contributed by atoms with van der Waals surface area (Å²) in [7, 11) is 0. The summed E-state index contributed by atoms with van der Waals surface area (Å²) in [5.41, 5.74) is 0.485. The molecule has 0 heterocycles. The van der Waals surface area contributed by atoms with E-state index in [1.165, 1.54) is 0 Å². The molecule has 174 valence electrons. The van der Waals surface area contributed by atoms with Crippen molar-refractivity contribution in [1.29, 1.82) is 0 Å². The first kappa shape index (κ1) is 24.6. The highest BCUT2D eigenvalue weighted by Gasteiger charge is 2.31. The molecule has 3 aromatic rings. The summed E-state index contributed by atoms with van der Waals surface area (Å²) in [5, 5.41) is 5.60. The molecule has 0 spiro atoms. The Kier molecular flexibility index (Phi) is 7.98. The van der Waals surface area contributed by atoms with Crippen LogP contribution in [0.1, 0.15) is 39.7 Å². The Labute approximate surface area is 200 Å². The second-order valence-corrected chi connectivity index (χ2v) is 9.51. The van der Waals surface area contributed by atoms with E-state index in [-0.39, 0.29) is 25.0 Å². The Bertz CT molecular complexity index is 1100. The van der Waals surface area contributed by atoms with E-state index in [1.807, 2.05) is 82.3 Å². The zero-order valence-electron chi connectivity index (χ0n) is 19.6. The van der Waals surface area contributed by atoms with Gasteiger partial charge in [0.25, 0.3) is 5.91 Å². The number of ether oxygens (including phenoxy) is 1. The summed E-state index contributed by atoms with van der Waals surface area (Å²) in [4.78, 5) is 28.0. The van der Waals surface area contributed by atoms with Crippen LogP contribution in [0.5, 0.6) is 5.75 Å². The molecule has 0 aliphatic carbocycles. The molecule has 0 aliphatic rings. The van der Waals surface area contributed by atoms with Gasteiger partial charge in [0, 0.05) is 22.5 Å². The molecule has 6 heteroatoms. The van der Waals surface area contributed by atoms with Crippen molar-refractivity contribution in [3.63, 3.8) is 0 Å². The van der Waals surface area contributed by atoms with Crippen LogP contribution in [-0.2, 0) is 16.1 Å². The minimum Gasteiger partial charge on any atom is -0.483 e. The van der Waals surface area contributed by atoms with Gasteiger partial charge in [-0.2, -0.15) is 0 Å². The Morgan fingerprint density at radius 3 is 2.33 bits per heavy atom. The minimum atomic E-state index is -0.622. The first-order valence-corrected chi connectivity index (χ1v) is 11.5. The zero-order valence-corrected chi connectivity index (χ0v) is 20.4. The molecule has 0 saturated carbocycles. The van der Waals surface area contributed by atoms with Gasteiger partial charge in [-0.25, -0.2) is 0 Å². The van der Waals surface area contributed by atoms with Gasteiger partial charge < -0.3 is 15.0 Å². The van der Waals surface area contributed by atoms with Crippen LogP contribution < -0.4 is 10.1 Å². The SMILES string of the molecule is CCC(C(=O)NC(C)(C)C)N(Cc1ccc(Cl)cc1)C(=O)COc1cccc2ccccc12. The number of benzene rings is 3. The lowest BCUT2D eigenvalue weighted by Gasteiger charge is -2.33. The van der Waals surface area contributed by atoms with E-state index in [9.17, 15) is 9.59 Å². The molecule has 0 aliphatic heterocycles. The molecule has 0 aromatic heterocycles. The molecular formula is C27H31ClN2O3. The van der Waals surface area contributed by atoms with Gasteiger partial charge in [-0.3, -0.25) is 9.59 Å². The van der Waals surface area contributed by atoms with Crippen LogP contribution in [0.4, 0.5) is 0 Å². The van der Waals surface area contributed by atoms with Crippen molar-refractivity contribution < 1.29 is 14.3 Å². The monoisotopic (exact) mass is 466 g/mol. The normalized spacial score (nSPS) is 12.3. The van der Waals surface area contributed by atoms with E-state index in [4.69, 9.17) is 16.3 Å². The smallest absolute Gasteiger partial charge is 0.261 e. The van der Waals surface area contributed by atoms with Crippen molar-refractivity contribution in [1.82, 2.24) is 10.2 Å². The lowest BCUT2D eigenvalue weighted by atomic mass is 10.1. The number of halogens is 1. The molecule has 1 unspecified atom stereocenters. The van der Waals surface area contributed by atoms with E-state index in [0.29, 0.717) is 17.2 Å². The standard InChI is InChI=1S/C27H31ClN2O3/c1-5-23(26(32)29-27(2,3)4)30(17-19-13-15-21(28)16-14-19)25(31)18-33-24-12-8-10-20-9-6-7-11-22(20)24/h6-16,23H,5,17-18H2,1-4H3,(H,29,32). The summed E-state index contributed by atoms with van der Waals surface area (Å²) in [6.07, 6.45) is 0.482. The van der Waals surface area contributed by atoms with Crippen molar-refractivity contribution in [2.24, 2.45) is 0 Å². The number of hydrogen-bond acceptors (Lipinski definition) is 3. The van der Waals surface area contributed by atoms with Crippen LogP contribution in [-0.4, -0.2) is 34.9 Å². The number of nitrogens with zero attached hydrogens (tertiary/aromatic N) is 1. The maximum absolute atomic E-state index is 13.4. The molecular weight excluding hydrogens is 436 g/mol. The van der Waals surface area contributed by atoms with E-state index >= 15 is 0 Å². The van der Waals surface area contributed by atoms with Gasteiger partial charge in [-0.15, -0.1) is 0 Å². The number of carbonyl (C=O) groups is 2. The predicted molar refractivity (Wildman–Crippen MR) is 133 cm³/mol. The maximum Gasteiger partial charge on any atom is 0.261 e. The number of hydrogen-bond donors (Lipinski definition) is 1. The van der Waals surface area contributed by atoms with Crippen LogP contribution in [0.3, 0.4) is 0 Å². The number of rotatable bonds is 8. The molecule has 3 rings (SSSR count). The minimum absolute atomic E-state index is 0.166. The van der Waals surface area contributed by atoms with E-state index < -0.39 is 11.6 Å². The Balaban J connectivity index is 1.84. The summed E-state index contributed by atoms with van der Waals surface area (Å²) < 4.78 is 5.95. The van der Waals surface area contributed by atoms with Crippen LogP contribution in [0.15, 0.2) is 66.7 Å². The third-order valence-electron chi connectivity index (χ3n) is 5.25. The van der Waals surface area contributed by atoms with Gasteiger partial charge in [-0.1, -0.05) is 67.1 Å². The van der Waals surface area contributed by atoms with Crippen LogP contribution in [0.25, 0.3) is 10.8 Å². The first-order chi connectivity index (χ1) is 15.7. The fraction of sp³-hybridized carbons (Fsp3) is 0.333. The predicted octanol–water partition coefficient (Wildman–Crippen LogP) is 5.59. The lowest BCUT2D eigenvalue weighted by Crippen LogP contribution is -2.54. The summed E-state index contributed by atoms with van der Waals surface area (Å²) in [6, 6.07) is 20.3. The molecule has 1 atom stereocenters. The maximum atomic E-state index is 13.4. The van der Waals surface area contributed by atoms with Crippen molar-refractivity contribution in [2.75, 3.05) is 6.61 Å². The molecule has 0 radical (unpaired) electrons. The highest BCUT2D eigenvalue weighted by molar-refractivity contribution is 6.30. The summed E-state index contributed by atoms with van der Waals surface area (Å²) >= 11 is 6.02. The van der Waals surface area contributed by atoms with Crippen molar-refractivity contribution >= 4 is 34.2 Å². The Morgan fingerprint density at radius 2 is 1.67 bits per heavy atom. The van der Waals surface area contributed by atoms with E-state index in [1.54, 1.807) is 17.0 Å². The van der Waals surface area contributed by atoms with Gasteiger partial charge in [0.15, 0.2) is 6.61 Å². The fourth-order valence-electron chi connectivity index (χ4n) is 3.70. The van der Waals surface area contributed by atoms with Gasteiger partial charge in [0.1, 0.15) is 11.8 Å². The van der Waals surface area contributed by atoms with Crippen molar-refractivity contribution in [2.45, 2.75) is 52.2 Å². The molecule has 3 aromatic carbocycles. The van der Waals surface area contributed by atoms with E-state index in [2.05, 4.69) is 5.32 Å². The van der Waals surface area contributed by atoms with Gasteiger partial charge in [-0.05, 0) is 56.3 Å². The highest BCUT2D eigenvalue weighted by Crippen LogP contribution is 2.25. The molecule has 5 nitrogen and oxygen atoms in total. The topological polar surface area (TPSA) is 58.6 Å². The second kappa shape index (κ2) is 10.7. The second-order valence-electron chi connectivity index (χ2n) is 9.08. The van der Waals surface area contributed by atoms with Crippen LogP contribution in [0, 0.1) is 0 Å². The van der Waals surface area contributed by atoms with Crippen LogP contribution in [0.2, 0.25) is 5.02 Å². The van der Waals surface area contributed by atoms with Gasteiger partial charge in [0.2, 0.25) is 5.91 Å². The number of nitrogens with one attached hydrogen (secondary N) is 1. The van der Waals surface area contributed by atoms with Crippen molar-refractivity contribution in [3.8, 4) is 5.75 Å². The third-order valence-corrected chi connectivity index (χ3v) is 5.50. The first-order valence-electron chi connectivity index (χ1n) is 11.1. The highest BCUT2D eigenvalue weighted by atomic mass is 35.5.